The number of rotatable bonds is 7. The highest BCUT2D eigenvalue weighted by molar-refractivity contribution is 7.80. The maximum atomic E-state index is 12.2. The summed E-state index contributed by atoms with van der Waals surface area (Å²) in [7, 11) is 0. The van der Waals surface area contributed by atoms with Crippen LogP contribution in [0.5, 0.6) is 5.75 Å². The fraction of sp³-hybridized carbons (Fsp3) is 0.250. The Bertz CT molecular complexity index is 789. The van der Waals surface area contributed by atoms with Crippen molar-refractivity contribution in [3.8, 4) is 5.75 Å². The molecule has 2 rings (SSSR count). The molecular formula is C20H22N2O4S. The number of amides is 1. The molecule has 0 aromatic heterocycles. The van der Waals surface area contributed by atoms with Crippen LogP contribution in [0.3, 0.4) is 0 Å². The highest BCUT2D eigenvalue weighted by atomic mass is 32.1. The van der Waals surface area contributed by atoms with Gasteiger partial charge in [0, 0.05) is 11.3 Å². The third-order valence-electron chi connectivity index (χ3n) is 3.47. The summed E-state index contributed by atoms with van der Waals surface area (Å²) in [6.45, 7) is 4.73. The second kappa shape index (κ2) is 10.3. The molecule has 2 aromatic rings. The van der Waals surface area contributed by atoms with Gasteiger partial charge in [-0.2, -0.15) is 0 Å². The summed E-state index contributed by atoms with van der Waals surface area (Å²) in [6, 6.07) is 13.5. The van der Waals surface area contributed by atoms with Gasteiger partial charge >= 0.3 is 5.97 Å². The summed E-state index contributed by atoms with van der Waals surface area (Å²) < 4.78 is 10.4. The van der Waals surface area contributed by atoms with Gasteiger partial charge in [-0.1, -0.05) is 6.92 Å². The van der Waals surface area contributed by atoms with Crippen molar-refractivity contribution in [1.82, 2.24) is 5.32 Å². The molecule has 142 valence electrons. The van der Waals surface area contributed by atoms with Crippen LogP contribution in [0, 0.1) is 0 Å². The average molecular weight is 386 g/mol. The van der Waals surface area contributed by atoms with Crippen LogP contribution < -0.4 is 15.4 Å². The molecule has 2 N–H and O–H groups in total. The molecule has 0 fully saturated rings. The van der Waals surface area contributed by atoms with Crippen LogP contribution in [-0.2, 0) is 4.74 Å². The van der Waals surface area contributed by atoms with Crippen LogP contribution in [0.15, 0.2) is 48.5 Å². The van der Waals surface area contributed by atoms with Gasteiger partial charge in [-0.05, 0) is 74.1 Å². The van der Waals surface area contributed by atoms with Crippen LogP contribution in [0.4, 0.5) is 5.69 Å². The van der Waals surface area contributed by atoms with Gasteiger partial charge in [-0.3, -0.25) is 10.1 Å². The minimum Gasteiger partial charge on any atom is -0.494 e. The lowest BCUT2D eigenvalue weighted by Crippen LogP contribution is -2.34. The van der Waals surface area contributed by atoms with Crippen LogP contribution in [-0.4, -0.2) is 30.2 Å². The van der Waals surface area contributed by atoms with E-state index >= 15 is 0 Å². The number of benzene rings is 2. The van der Waals surface area contributed by atoms with E-state index < -0.39 is 0 Å². The van der Waals surface area contributed by atoms with Crippen molar-refractivity contribution >= 4 is 34.9 Å². The third kappa shape index (κ3) is 6.38. The number of thiocarbonyl (C=S) groups is 1. The fourth-order valence-electron chi connectivity index (χ4n) is 2.16. The molecule has 0 bridgehead atoms. The standard InChI is InChI=1S/C20H22N2O4S/c1-3-13-26-17-11-7-14(8-12-17)18(23)22-20(27)21-16-9-5-15(6-10-16)19(24)25-4-2/h5-12H,3-4,13H2,1-2H3,(H2,21,22,23,27). The number of anilines is 1. The zero-order chi connectivity index (χ0) is 19.6. The Labute approximate surface area is 163 Å². The van der Waals surface area contributed by atoms with Crippen molar-refractivity contribution in [3.05, 3.63) is 59.7 Å². The van der Waals surface area contributed by atoms with E-state index in [9.17, 15) is 9.59 Å². The average Bonchev–Trinajstić information content (AvgIpc) is 2.67. The molecule has 0 aliphatic heterocycles. The Hall–Kier alpha value is -2.93. The fourth-order valence-corrected chi connectivity index (χ4v) is 2.37. The Morgan fingerprint density at radius 2 is 1.59 bits per heavy atom. The minimum atomic E-state index is -0.383. The van der Waals surface area contributed by atoms with Gasteiger partial charge in [0.15, 0.2) is 5.11 Å². The summed E-state index contributed by atoms with van der Waals surface area (Å²) in [5.74, 6) is 0.0137. The maximum absolute atomic E-state index is 12.2. The molecular weight excluding hydrogens is 364 g/mol. The molecule has 0 saturated heterocycles. The van der Waals surface area contributed by atoms with Crippen molar-refractivity contribution in [2.45, 2.75) is 20.3 Å². The lowest BCUT2D eigenvalue weighted by molar-refractivity contribution is 0.0526. The zero-order valence-corrected chi connectivity index (χ0v) is 16.1. The number of esters is 1. The predicted molar refractivity (Wildman–Crippen MR) is 108 cm³/mol. The number of carbonyl (C=O) groups excluding carboxylic acids is 2. The van der Waals surface area contributed by atoms with Crippen LogP contribution in [0.25, 0.3) is 0 Å². The highest BCUT2D eigenvalue weighted by Crippen LogP contribution is 2.13. The molecule has 7 heteroatoms. The smallest absolute Gasteiger partial charge is 0.338 e. The normalized spacial score (nSPS) is 10.0. The second-order valence-electron chi connectivity index (χ2n) is 5.58. The molecule has 0 spiro atoms. The van der Waals surface area contributed by atoms with Crippen molar-refractivity contribution in [2.24, 2.45) is 0 Å². The Morgan fingerprint density at radius 3 is 2.19 bits per heavy atom. The molecule has 0 aliphatic rings. The first kappa shape index (κ1) is 20.4. The lowest BCUT2D eigenvalue weighted by atomic mass is 10.2. The predicted octanol–water partition coefficient (Wildman–Crippen LogP) is 3.78. The zero-order valence-electron chi connectivity index (χ0n) is 15.3. The van der Waals surface area contributed by atoms with Gasteiger partial charge in [0.1, 0.15) is 5.75 Å². The molecule has 27 heavy (non-hydrogen) atoms. The Balaban J connectivity index is 1.89. The van der Waals surface area contributed by atoms with Gasteiger partial charge in [-0.25, -0.2) is 4.79 Å². The monoisotopic (exact) mass is 386 g/mol. The number of carbonyl (C=O) groups is 2. The highest BCUT2D eigenvalue weighted by Gasteiger charge is 2.09. The molecule has 0 aliphatic carbocycles. The van der Waals surface area contributed by atoms with Gasteiger partial charge in [0.2, 0.25) is 0 Å². The summed E-state index contributed by atoms with van der Waals surface area (Å²) in [4.78, 5) is 23.9. The van der Waals surface area contributed by atoms with E-state index in [1.165, 1.54) is 0 Å². The quantitative estimate of drug-likeness (QED) is 0.557. The van der Waals surface area contributed by atoms with E-state index in [1.54, 1.807) is 55.5 Å². The molecule has 0 saturated carbocycles. The molecule has 0 atom stereocenters. The van der Waals surface area contributed by atoms with E-state index in [0.29, 0.717) is 30.0 Å². The number of hydrogen-bond donors (Lipinski definition) is 2. The summed E-state index contributed by atoms with van der Waals surface area (Å²) in [5, 5.41) is 5.68. The topological polar surface area (TPSA) is 76.7 Å². The molecule has 0 radical (unpaired) electrons. The first-order valence-corrected chi connectivity index (χ1v) is 9.06. The van der Waals surface area contributed by atoms with E-state index in [4.69, 9.17) is 21.7 Å². The minimum absolute atomic E-state index is 0.162. The van der Waals surface area contributed by atoms with Crippen molar-refractivity contribution in [3.63, 3.8) is 0 Å². The van der Waals surface area contributed by atoms with Crippen LogP contribution in [0.2, 0.25) is 0 Å². The first-order chi connectivity index (χ1) is 13.0. The number of ether oxygens (including phenoxy) is 2. The summed E-state index contributed by atoms with van der Waals surface area (Å²) in [6.07, 6.45) is 0.920. The third-order valence-corrected chi connectivity index (χ3v) is 3.67. The summed E-state index contributed by atoms with van der Waals surface area (Å²) in [5.41, 5.74) is 1.57. The van der Waals surface area contributed by atoms with E-state index in [-0.39, 0.29) is 17.0 Å². The second-order valence-corrected chi connectivity index (χ2v) is 5.99. The van der Waals surface area contributed by atoms with Gasteiger partial charge in [0.25, 0.3) is 5.91 Å². The molecule has 0 heterocycles. The SMILES string of the molecule is CCCOc1ccc(C(=O)NC(=S)Nc2ccc(C(=O)OCC)cc2)cc1. The van der Waals surface area contributed by atoms with Gasteiger partial charge in [0.05, 0.1) is 18.8 Å². The molecule has 2 aromatic carbocycles. The largest absolute Gasteiger partial charge is 0.494 e. The number of nitrogens with one attached hydrogen (secondary N) is 2. The molecule has 1 amide bonds. The van der Waals surface area contributed by atoms with Gasteiger partial charge in [-0.15, -0.1) is 0 Å². The van der Waals surface area contributed by atoms with Crippen molar-refractivity contribution in [2.75, 3.05) is 18.5 Å². The Kier molecular flexibility index (Phi) is 7.76. The molecule has 0 unspecified atom stereocenters. The van der Waals surface area contributed by atoms with E-state index in [0.717, 1.165) is 12.2 Å². The summed E-state index contributed by atoms with van der Waals surface area (Å²) >= 11 is 5.16. The first-order valence-electron chi connectivity index (χ1n) is 8.65. The van der Waals surface area contributed by atoms with E-state index in [1.807, 2.05) is 6.92 Å². The Morgan fingerprint density at radius 1 is 0.963 bits per heavy atom. The maximum Gasteiger partial charge on any atom is 0.338 e. The van der Waals surface area contributed by atoms with Crippen molar-refractivity contribution in [1.29, 1.82) is 0 Å². The molecule has 6 nitrogen and oxygen atoms in total. The number of hydrogen-bond acceptors (Lipinski definition) is 5. The lowest BCUT2D eigenvalue weighted by Gasteiger charge is -2.10. The van der Waals surface area contributed by atoms with Crippen molar-refractivity contribution < 1.29 is 19.1 Å². The van der Waals surface area contributed by atoms with Gasteiger partial charge < -0.3 is 14.8 Å². The van der Waals surface area contributed by atoms with E-state index in [2.05, 4.69) is 10.6 Å². The van der Waals surface area contributed by atoms with Crippen LogP contribution >= 0.6 is 12.2 Å². The van der Waals surface area contributed by atoms with Crippen LogP contribution in [0.1, 0.15) is 41.0 Å².